The van der Waals surface area contributed by atoms with Crippen molar-refractivity contribution in [3.63, 3.8) is 0 Å². The van der Waals surface area contributed by atoms with Gasteiger partial charge >= 0.3 is 0 Å². The van der Waals surface area contributed by atoms with Gasteiger partial charge in [-0.25, -0.2) is 4.68 Å². The summed E-state index contributed by atoms with van der Waals surface area (Å²) < 4.78 is 7.41. The van der Waals surface area contributed by atoms with Gasteiger partial charge in [-0.1, -0.05) is 13.0 Å². The molecule has 0 spiro atoms. The third kappa shape index (κ3) is 3.82. The number of nitrogens with one attached hydrogen (secondary N) is 2. The molecule has 0 radical (unpaired) electrons. The number of morpholine rings is 1. The number of nitrogens with zero attached hydrogens (tertiary/aromatic N) is 4. The molecule has 8 nitrogen and oxygen atoms in total. The van der Waals surface area contributed by atoms with Gasteiger partial charge < -0.3 is 14.6 Å². The molecule has 8 heteroatoms. The molecule has 29 heavy (non-hydrogen) atoms. The predicted octanol–water partition coefficient (Wildman–Crippen LogP) is 0.837. The van der Waals surface area contributed by atoms with Crippen LogP contribution in [0.4, 0.5) is 0 Å². The van der Waals surface area contributed by atoms with Gasteiger partial charge in [0.25, 0.3) is 5.56 Å². The normalized spacial score (nSPS) is 17.0. The van der Waals surface area contributed by atoms with E-state index in [-0.39, 0.29) is 17.1 Å². The third-order valence-electron chi connectivity index (χ3n) is 5.59. The van der Waals surface area contributed by atoms with Crippen molar-refractivity contribution >= 4 is 10.9 Å². The summed E-state index contributed by atoms with van der Waals surface area (Å²) in [7, 11) is 0. The molecule has 1 saturated heterocycles. The summed E-state index contributed by atoms with van der Waals surface area (Å²) in [6.45, 7) is 11.3. The van der Waals surface area contributed by atoms with Gasteiger partial charge in [-0.2, -0.15) is 0 Å². The Labute approximate surface area is 169 Å². The average molecular weight is 398 g/mol. The van der Waals surface area contributed by atoms with Crippen molar-refractivity contribution < 1.29 is 9.64 Å². The Hall–Kier alpha value is -2.58. The van der Waals surface area contributed by atoms with Crippen LogP contribution in [0.5, 0.6) is 0 Å². The van der Waals surface area contributed by atoms with Gasteiger partial charge in [0.15, 0.2) is 6.04 Å². The minimum absolute atomic E-state index is 0.0887. The second-order valence-electron chi connectivity index (χ2n) is 8.65. The zero-order valence-corrected chi connectivity index (χ0v) is 17.5. The fourth-order valence-electron chi connectivity index (χ4n) is 4.02. The number of quaternary nitrogens is 1. The molecule has 2 aromatic heterocycles. The molecular formula is C21H29N6O2+. The SMILES string of the molecule is CCc1ccc2[nH]c(=O)c([C@@H](c3nnnn3C(C)(C)C)[NH+]3CCOCC3)cc2c1. The molecule has 3 aromatic rings. The van der Waals surface area contributed by atoms with Crippen LogP contribution in [0.25, 0.3) is 10.9 Å². The molecule has 2 N–H and O–H groups in total. The number of aryl methyl sites for hydroxylation is 1. The quantitative estimate of drug-likeness (QED) is 0.681. The number of aromatic nitrogens is 5. The van der Waals surface area contributed by atoms with E-state index < -0.39 is 0 Å². The summed E-state index contributed by atoms with van der Waals surface area (Å²) in [5, 5.41) is 13.6. The van der Waals surface area contributed by atoms with E-state index in [0.29, 0.717) is 24.6 Å². The molecule has 0 unspecified atom stereocenters. The lowest BCUT2D eigenvalue weighted by Gasteiger charge is -2.32. The Morgan fingerprint density at radius 1 is 1.24 bits per heavy atom. The van der Waals surface area contributed by atoms with Crippen LogP contribution >= 0.6 is 0 Å². The largest absolute Gasteiger partial charge is 0.370 e. The summed E-state index contributed by atoms with van der Waals surface area (Å²) in [4.78, 5) is 17.5. The minimum atomic E-state index is -0.290. The predicted molar refractivity (Wildman–Crippen MR) is 110 cm³/mol. The van der Waals surface area contributed by atoms with Gasteiger partial charge in [0.1, 0.15) is 13.1 Å². The maximum atomic E-state index is 13.1. The number of fused-ring (bicyclic) bond motifs is 1. The molecule has 0 saturated carbocycles. The monoisotopic (exact) mass is 397 g/mol. The van der Waals surface area contributed by atoms with Crippen molar-refractivity contribution in [2.75, 3.05) is 26.3 Å². The highest BCUT2D eigenvalue weighted by molar-refractivity contribution is 5.79. The maximum absolute atomic E-state index is 13.1. The summed E-state index contributed by atoms with van der Waals surface area (Å²) >= 11 is 0. The third-order valence-corrected chi connectivity index (χ3v) is 5.59. The number of ether oxygens (including phenoxy) is 1. The molecule has 0 amide bonds. The van der Waals surface area contributed by atoms with E-state index >= 15 is 0 Å². The highest BCUT2D eigenvalue weighted by Gasteiger charge is 2.37. The van der Waals surface area contributed by atoms with Gasteiger partial charge in [0, 0.05) is 5.52 Å². The Balaban J connectivity index is 1.91. The fourth-order valence-corrected chi connectivity index (χ4v) is 4.02. The van der Waals surface area contributed by atoms with E-state index in [2.05, 4.69) is 60.3 Å². The van der Waals surface area contributed by atoms with Gasteiger partial charge in [0.2, 0.25) is 5.82 Å². The van der Waals surface area contributed by atoms with Gasteiger partial charge in [-0.15, -0.1) is 5.10 Å². The molecule has 154 valence electrons. The van der Waals surface area contributed by atoms with Crippen LogP contribution in [0.2, 0.25) is 0 Å². The van der Waals surface area contributed by atoms with E-state index in [1.807, 2.05) is 16.8 Å². The molecule has 1 aliphatic rings. The van der Waals surface area contributed by atoms with E-state index in [4.69, 9.17) is 4.74 Å². The van der Waals surface area contributed by atoms with Crippen LogP contribution in [0.3, 0.4) is 0 Å². The lowest BCUT2D eigenvalue weighted by Crippen LogP contribution is -3.14. The summed E-state index contributed by atoms with van der Waals surface area (Å²) in [6, 6.07) is 7.94. The van der Waals surface area contributed by atoms with E-state index in [0.717, 1.165) is 30.4 Å². The number of rotatable bonds is 4. The first kappa shape index (κ1) is 19.7. The Morgan fingerprint density at radius 3 is 2.69 bits per heavy atom. The smallest absolute Gasteiger partial charge is 0.258 e. The standard InChI is InChI=1S/C21H28N6O2/c1-5-14-6-7-17-15(12-14)13-16(20(28)22-17)18(26-8-10-29-11-9-26)19-23-24-25-27(19)21(2,3)4/h6-7,12-13,18H,5,8-11H2,1-4H3,(H,22,28)/p+1/t18-/m0/s1. The van der Waals surface area contributed by atoms with Gasteiger partial charge in [-0.3, -0.25) is 4.79 Å². The van der Waals surface area contributed by atoms with Crippen LogP contribution in [0.15, 0.2) is 29.1 Å². The summed E-state index contributed by atoms with van der Waals surface area (Å²) in [5.74, 6) is 0.714. The topological polar surface area (TPSA) is 90.1 Å². The number of aromatic amines is 1. The molecule has 1 aliphatic heterocycles. The van der Waals surface area contributed by atoms with Gasteiger partial charge in [-0.05, 0) is 66.8 Å². The number of H-pyrrole nitrogens is 1. The van der Waals surface area contributed by atoms with Gasteiger partial charge in [0.05, 0.1) is 24.3 Å². The Morgan fingerprint density at radius 2 is 2.00 bits per heavy atom. The lowest BCUT2D eigenvalue weighted by molar-refractivity contribution is -0.934. The molecular weight excluding hydrogens is 368 g/mol. The molecule has 1 aromatic carbocycles. The van der Waals surface area contributed by atoms with Crippen LogP contribution < -0.4 is 10.5 Å². The zero-order valence-electron chi connectivity index (χ0n) is 17.5. The van der Waals surface area contributed by atoms with Crippen molar-refractivity contribution in [3.05, 3.63) is 51.6 Å². The van der Waals surface area contributed by atoms with E-state index in [1.54, 1.807) is 0 Å². The van der Waals surface area contributed by atoms with Crippen LogP contribution in [0.1, 0.15) is 50.7 Å². The molecule has 0 aliphatic carbocycles. The lowest BCUT2D eigenvalue weighted by atomic mass is 10.0. The van der Waals surface area contributed by atoms with Crippen LogP contribution in [-0.2, 0) is 16.7 Å². The zero-order chi connectivity index (χ0) is 20.6. The molecule has 4 rings (SSSR count). The number of pyridine rings is 1. The Bertz CT molecular complexity index is 1060. The number of hydrogen-bond donors (Lipinski definition) is 2. The van der Waals surface area contributed by atoms with E-state index in [9.17, 15) is 4.79 Å². The first-order chi connectivity index (χ1) is 13.9. The highest BCUT2D eigenvalue weighted by Crippen LogP contribution is 2.23. The first-order valence-corrected chi connectivity index (χ1v) is 10.3. The maximum Gasteiger partial charge on any atom is 0.258 e. The fraction of sp³-hybridized carbons (Fsp3) is 0.524. The molecule has 1 fully saturated rings. The van der Waals surface area contributed by atoms with E-state index in [1.165, 1.54) is 10.5 Å². The van der Waals surface area contributed by atoms with Crippen LogP contribution in [0, 0.1) is 0 Å². The summed E-state index contributed by atoms with van der Waals surface area (Å²) in [6.07, 6.45) is 0.949. The Kier molecular flexibility index (Phi) is 5.23. The molecule has 3 heterocycles. The second-order valence-corrected chi connectivity index (χ2v) is 8.65. The molecule has 0 bridgehead atoms. The molecule has 1 atom stereocenters. The van der Waals surface area contributed by atoms with Crippen molar-refractivity contribution in [2.24, 2.45) is 0 Å². The van der Waals surface area contributed by atoms with Crippen molar-refractivity contribution in [2.45, 2.75) is 45.7 Å². The van der Waals surface area contributed by atoms with Crippen molar-refractivity contribution in [1.29, 1.82) is 0 Å². The van der Waals surface area contributed by atoms with Crippen molar-refractivity contribution in [1.82, 2.24) is 25.2 Å². The van der Waals surface area contributed by atoms with Crippen LogP contribution in [-0.4, -0.2) is 51.5 Å². The number of benzene rings is 1. The summed E-state index contributed by atoms with van der Waals surface area (Å²) in [5.41, 5.74) is 2.41. The number of hydrogen-bond acceptors (Lipinski definition) is 5. The minimum Gasteiger partial charge on any atom is -0.370 e. The van der Waals surface area contributed by atoms with Crippen molar-refractivity contribution in [3.8, 4) is 0 Å². The number of tetrazole rings is 1. The second kappa shape index (κ2) is 7.68. The first-order valence-electron chi connectivity index (χ1n) is 10.3. The average Bonchev–Trinajstić information content (AvgIpc) is 3.19. The highest BCUT2D eigenvalue weighted by atomic mass is 16.5.